The molecule has 0 aliphatic rings. The third kappa shape index (κ3) is 3.49. The van der Waals surface area contributed by atoms with E-state index in [9.17, 15) is 8.42 Å². The fourth-order valence-electron chi connectivity index (χ4n) is 1.47. The van der Waals surface area contributed by atoms with Gasteiger partial charge in [-0.1, -0.05) is 15.9 Å². The monoisotopic (exact) mass is 364 g/mol. The lowest BCUT2D eigenvalue weighted by Crippen LogP contribution is -2.05. The van der Waals surface area contributed by atoms with Crippen molar-refractivity contribution in [3.63, 3.8) is 0 Å². The SMILES string of the molecule is Cn1ccnc1COc1ccc(Br)cc1S(=O)(=O)Cl. The number of hydrogen-bond acceptors (Lipinski definition) is 4. The molecule has 0 saturated heterocycles. The van der Waals surface area contributed by atoms with Crippen LogP contribution in [0.25, 0.3) is 0 Å². The van der Waals surface area contributed by atoms with E-state index in [4.69, 9.17) is 15.4 Å². The molecule has 0 radical (unpaired) electrons. The van der Waals surface area contributed by atoms with Gasteiger partial charge in [0.1, 0.15) is 23.1 Å². The van der Waals surface area contributed by atoms with Gasteiger partial charge >= 0.3 is 0 Å². The predicted octanol–water partition coefficient (Wildman–Crippen LogP) is 2.69. The summed E-state index contributed by atoms with van der Waals surface area (Å²) in [6.45, 7) is 0.157. The van der Waals surface area contributed by atoms with Gasteiger partial charge in [0.15, 0.2) is 0 Å². The van der Waals surface area contributed by atoms with Crippen LogP contribution < -0.4 is 4.74 Å². The predicted molar refractivity (Wildman–Crippen MR) is 74.7 cm³/mol. The molecule has 8 heteroatoms. The summed E-state index contributed by atoms with van der Waals surface area (Å²) in [5.74, 6) is 0.877. The maximum Gasteiger partial charge on any atom is 0.265 e. The summed E-state index contributed by atoms with van der Waals surface area (Å²) in [5, 5.41) is 0. The first-order chi connectivity index (χ1) is 8.88. The van der Waals surface area contributed by atoms with Gasteiger partial charge in [0.2, 0.25) is 0 Å². The molecule has 102 valence electrons. The Balaban J connectivity index is 2.28. The van der Waals surface area contributed by atoms with Crippen LogP contribution in [0.1, 0.15) is 5.82 Å². The van der Waals surface area contributed by atoms with Gasteiger partial charge in [-0.05, 0) is 18.2 Å². The Labute approximate surface area is 123 Å². The van der Waals surface area contributed by atoms with Gasteiger partial charge in [-0.15, -0.1) is 0 Å². The molecular weight excluding hydrogens is 356 g/mol. The molecule has 0 unspecified atom stereocenters. The minimum atomic E-state index is -3.87. The van der Waals surface area contributed by atoms with E-state index in [-0.39, 0.29) is 17.3 Å². The molecule has 2 rings (SSSR count). The Kier molecular flexibility index (Phi) is 4.17. The van der Waals surface area contributed by atoms with Gasteiger partial charge in [0, 0.05) is 34.6 Å². The van der Waals surface area contributed by atoms with E-state index in [1.807, 2.05) is 7.05 Å². The highest BCUT2D eigenvalue weighted by Gasteiger charge is 2.18. The van der Waals surface area contributed by atoms with Crippen molar-refractivity contribution < 1.29 is 13.2 Å². The van der Waals surface area contributed by atoms with Crippen LogP contribution in [-0.4, -0.2) is 18.0 Å². The van der Waals surface area contributed by atoms with Crippen LogP contribution in [0, 0.1) is 0 Å². The number of ether oxygens (including phenoxy) is 1. The molecule has 0 bridgehead atoms. The Morgan fingerprint density at radius 1 is 1.47 bits per heavy atom. The van der Waals surface area contributed by atoms with Crippen LogP contribution in [0.2, 0.25) is 0 Å². The van der Waals surface area contributed by atoms with E-state index in [0.29, 0.717) is 10.3 Å². The second-order valence-electron chi connectivity index (χ2n) is 3.77. The van der Waals surface area contributed by atoms with E-state index in [2.05, 4.69) is 20.9 Å². The number of benzene rings is 1. The smallest absolute Gasteiger partial charge is 0.265 e. The quantitative estimate of drug-likeness (QED) is 0.782. The molecule has 0 aliphatic heterocycles. The van der Waals surface area contributed by atoms with Gasteiger partial charge in [-0.3, -0.25) is 0 Å². The first-order valence-corrected chi connectivity index (χ1v) is 8.31. The van der Waals surface area contributed by atoms with Crippen LogP contribution in [-0.2, 0) is 22.7 Å². The first-order valence-electron chi connectivity index (χ1n) is 5.21. The van der Waals surface area contributed by atoms with Crippen molar-refractivity contribution >= 4 is 35.7 Å². The van der Waals surface area contributed by atoms with Crippen molar-refractivity contribution in [2.75, 3.05) is 0 Å². The average Bonchev–Trinajstić information content (AvgIpc) is 2.72. The summed E-state index contributed by atoms with van der Waals surface area (Å²) in [7, 11) is 3.34. The lowest BCUT2D eigenvalue weighted by atomic mass is 10.3. The summed E-state index contributed by atoms with van der Waals surface area (Å²) in [6, 6.07) is 4.62. The van der Waals surface area contributed by atoms with E-state index in [0.717, 1.165) is 0 Å². The van der Waals surface area contributed by atoms with E-state index in [1.54, 1.807) is 29.1 Å². The van der Waals surface area contributed by atoms with Crippen molar-refractivity contribution in [2.45, 2.75) is 11.5 Å². The summed E-state index contributed by atoms with van der Waals surface area (Å²) in [4.78, 5) is 4.01. The van der Waals surface area contributed by atoms with Crippen LogP contribution in [0.15, 0.2) is 40.0 Å². The normalized spacial score (nSPS) is 11.5. The summed E-state index contributed by atoms with van der Waals surface area (Å²) in [5.41, 5.74) is 0. The second-order valence-corrected chi connectivity index (χ2v) is 7.22. The maximum atomic E-state index is 11.5. The Morgan fingerprint density at radius 2 is 2.21 bits per heavy atom. The Hall–Kier alpha value is -1.05. The van der Waals surface area contributed by atoms with Crippen molar-refractivity contribution in [3.8, 4) is 5.75 Å². The molecule has 19 heavy (non-hydrogen) atoms. The Bertz CT molecular complexity index is 700. The zero-order valence-corrected chi connectivity index (χ0v) is 13.0. The number of imidazole rings is 1. The van der Waals surface area contributed by atoms with Crippen molar-refractivity contribution in [3.05, 3.63) is 40.9 Å². The van der Waals surface area contributed by atoms with Gasteiger partial charge in [-0.2, -0.15) is 0 Å². The van der Waals surface area contributed by atoms with Gasteiger partial charge in [-0.25, -0.2) is 13.4 Å². The molecule has 0 fully saturated rings. The molecule has 1 heterocycles. The molecule has 0 amide bonds. The molecule has 1 aromatic carbocycles. The number of nitrogens with zero attached hydrogens (tertiary/aromatic N) is 2. The number of hydrogen-bond donors (Lipinski definition) is 0. The van der Waals surface area contributed by atoms with Gasteiger partial charge in [0.25, 0.3) is 9.05 Å². The van der Waals surface area contributed by atoms with E-state index < -0.39 is 9.05 Å². The standard InChI is InChI=1S/C11H10BrClN2O3S/c1-15-5-4-14-11(15)7-18-9-3-2-8(12)6-10(9)19(13,16)17/h2-6H,7H2,1H3. The zero-order chi connectivity index (χ0) is 14.0. The largest absolute Gasteiger partial charge is 0.484 e. The minimum Gasteiger partial charge on any atom is -0.484 e. The lowest BCUT2D eigenvalue weighted by molar-refractivity contribution is 0.284. The molecule has 0 atom stereocenters. The highest BCUT2D eigenvalue weighted by Crippen LogP contribution is 2.30. The molecule has 0 N–H and O–H groups in total. The summed E-state index contributed by atoms with van der Waals surface area (Å²) >= 11 is 3.20. The molecule has 0 spiro atoms. The fourth-order valence-corrected chi connectivity index (χ4v) is 2.98. The van der Waals surface area contributed by atoms with Gasteiger partial charge in [0.05, 0.1) is 0 Å². The van der Waals surface area contributed by atoms with E-state index in [1.165, 1.54) is 6.07 Å². The number of aryl methyl sites for hydroxylation is 1. The average molecular weight is 366 g/mol. The third-order valence-corrected chi connectivity index (χ3v) is 4.28. The van der Waals surface area contributed by atoms with Crippen molar-refractivity contribution in [1.82, 2.24) is 9.55 Å². The van der Waals surface area contributed by atoms with Gasteiger partial charge < -0.3 is 9.30 Å². The fraction of sp³-hybridized carbons (Fsp3) is 0.182. The molecular formula is C11H10BrClN2O3S. The minimum absolute atomic E-state index is 0.0715. The molecule has 0 aliphatic carbocycles. The highest BCUT2D eigenvalue weighted by molar-refractivity contribution is 9.10. The third-order valence-electron chi connectivity index (χ3n) is 2.45. The van der Waals surface area contributed by atoms with Crippen LogP contribution >= 0.6 is 26.6 Å². The number of rotatable bonds is 4. The lowest BCUT2D eigenvalue weighted by Gasteiger charge is -2.09. The van der Waals surface area contributed by atoms with Crippen LogP contribution in [0.4, 0.5) is 0 Å². The number of halogens is 2. The summed E-state index contributed by atoms with van der Waals surface area (Å²) < 4.78 is 30.8. The zero-order valence-electron chi connectivity index (χ0n) is 9.88. The molecule has 5 nitrogen and oxygen atoms in total. The number of aromatic nitrogens is 2. The molecule has 2 aromatic rings. The van der Waals surface area contributed by atoms with E-state index >= 15 is 0 Å². The van der Waals surface area contributed by atoms with Crippen LogP contribution in [0.5, 0.6) is 5.75 Å². The van der Waals surface area contributed by atoms with Crippen LogP contribution in [0.3, 0.4) is 0 Å². The maximum absolute atomic E-state index is 11.5. The molecule has 0 saturated carbocycles. The second kappa shape index (κ2) is 5.52. The topological polar surface area (TPSA) is 61.2 Å². The van der Waals surface area contributed by atoms with Crippen molar-refractivity contribution in [2.24, 2.45) is 7.05 Å². The first kappa shape index (κ1) is 14.4. The highest BCUT2D eigenvalue weighted by atomic mass is 79.9. The molecule has 1 aromatic heterocycles. The summed E-state index contributed by atoms with van der Waals surface area (Å²) in [6.07, 6.45) is 3.42. The Morgan fingerprint density at radius 3 is 2.79 bits per heavy atom. The van der Waals surface area contributed by atoms with Crippen molar-refractivity contribution in [1.29, 1.82) is 0 Å².